The van der Waals surface area contributed by atoms with Crippen molar-refractivity contribution in [1.29, 1.82) is 0 Å². The minimum Gasteiger partial charge on any atom is -0.367 e. The molecule has 1 amide bonds. The number of ether oxygens (including phenoxy) is 1. The summed E-state index contributed by atoms with van der Waals surface area (Å²) in [4.78, 5) is 15.3. The molecule has 2 saturated heterocycles. The first-order chi connectivity index (χ1) is 14.8. The largest absolute Gasteiger partial charge is 0.367 e. The lowest BCUT2D eigenvalue weighted by Gasteiger charge is -2.40. The summed E-state index contributed by atoms with van der Waals surface area (Å²) >= 11 is 0. The Hall–Kier alpha value is -2.23. The number of amides is 1. The summed E-state index contributed by atoms with van der Waals surface area (Å²) in [5.74, 6) is 0.202. The van der Waals surface area contributed by atoms with Crippen LogP contribution in [0.2, 0.25) is 0 Å². The number of sulfonamides is 1. The number of hydrogen-bond acceptors (Lipinski definition) is 6. The van der Waals surface area contributed by atoms with E-state index in [0.29, 0.717) is 50.5 Å². The third-order valence-corrected chi connectivity index (χ3v) is 8.26. The summed E-state index contributed by atoms with van der Waals surface area (Å²) < 4.78 is 38.6. The van der Waals surface area contributed by atoms with Gasteiger partial charge in [0.2, 0.25) is 15.9 Å². The Morgan fingerprint density at radius 1 is 1.10 bits per heavy atom. The number of aryl methyl sites for hydroxylation is 2. The number of piperidine rings is 1. The van der Waals surface area contributed by atoms with Gasteiger partial charge in [-0.3, -0.25) is 4.79 Å². The molecule has 2 aliphatic rings. The molecular formula is C22H29N3O5S. The second-order valence-corrected chi connectivity index (χ2v) is 10.3. The third kappa shape index (κ3) is 4.40. The minimum absolute atomic E-state index is 0.0529. The molecule has 0 bridgehead atoms. The molecule has 2 fully saturated rings. The maximum Gasteiger partial charge on any atom is 0.248 e. The molecule has 2 unspecified atom stereocenters. The average molecular weight is 448 g/mol. The van der Waals surface area contributed by atoms with Gasteiger partial charge in [-0.2, -0.15) is 4.31 Å². The zero-order valence-electron chi connectivity index (χ0n) is 18.2. The maximum atomic E-state index is 13.2. The Morgan fingerprint density at radius 2 is 1.77 bits per heavy atom. The highest BCUT2D eigenvalue weighted by Crippen LogP contribution is 2.31. The highest BCUT2D eigenvalue weighted by molar-refractivity contribution is 7.89. The van der Waals surface area contributed by atoms with Crippen molar-refractivity contribution in [3.63, 3.8) is 0 Å². The fourth-order valence-electron chi connectivity index (χ4n) is 4.56. The van der Waals surface area contributed by atoms with Crippen LogP contribution >= 0.6 is 0 Å². The molecule has 2 atom stereocenters. The molecule has 31 heavy (non-hydrogen) atoms. The number of aromatic nitrogens is 1. The second-order valence-electron chi connectivity index (χ2n) is 8.42. The van der Waals surface area contributed by atoms with Crippen LogP contribution in [0.4, 0.5) is 0 Å². The fraction of sp³-hybridized carbons (Fsp3) is 0.545. The third-order valence-electron chi connectivity index (χ3n) is 6.11. The van der Waals surface area contributed by atoms with Gasteiger partial charge in [0.15, 0.2) is 5.76 Å². The van der Waals surface area contributed by atoms with Crippen LogP contribution in [-0.2, 0) is 19.6 Å². The molecule has 0 N–H and O–H groups in total. The summed E-state index contributed by atoms with van der Waals surface area (Å²) in [6.45, 7) is 6.91. The number of nitrogens with zero attached hydrogens (tertiary/aromatic N) is 3. The van der Waals surface area contributed by atoms with Gasteiger partial charge in [0.1, 0.15) is 16.7 Å². The zero-order valence-corrected chi connectivity index (χ0v) is 19.0. The van der Waals surface area contributed by atoms with Crippen molar-refractivity contribution in [2.24, 2.45) is 5.92 Å². The van der Waals surface area contributed by atoms with Crippen LogP contribution in [0.25, 0.3) is 0 Å². The van der Waals surface area contributed by atoms with E-state index >= 15 is 0 Å². The van der Waals surface area contributed by atoms with E-state index in [0.717, 1.165) is 5.56 Å². The number of benzene rings is 1. The van der Waals surface area contributed by atoms with E-state index in [9.17, 15) is 13.2 Å². The van der Waals surface area contributed by atoms with Gasteiger partial charge in [0.05, 0.1) is 12.6 Å². The second kappa shape index (κ2) is 8.72. The van der Waals surface area contributed by atoms with Crippen LogP contribution < -0.4 is 0 Å². The molecule has 0 aliphatic carbocycles. The van der Waals surface area contributed by atoms with E-state index in [1.165, 1.54) is 4.31 Å². The Morgan fingerprint density at radius 3 is 2.39 bits per heavy atom. The number of hydrogen-bond donors (Lipinski definition) is 0. The van der Waals surface area contributed by atoms with Crippen molar-refractivity contribution in [3.05, 3.63) is 47.3 Å². The maximum absolute atomic E-state index is 13.2. The molecule has 3 heterocycles. The molecule has 0 spiro atoms. The van der Waals surface area contributed by atoms with E-state index in [2.05, 4.69) is 5.16 Å². The van der Waals surface area contributed by atoms with Crippen LogP contribution in [0, 0.1) is 19.8 Å². The molecule has 1 aromatic carbocycles. The minimum atomic E-state index is -3.68. The van der Waals surface area contributed by atoms with Crippen molar-refractivity contribution < 1.29 is 22.5 Å². The predicted molar refractivity (Wildman–Crippen MR) is 114 cm³/mol. The van der Waals surface area contributed by atoms with Crippen LogP contribution in [0.3, 0.4) is 0 Å². The van der Waals surface area contributed by atoms with Crippen LogP contribution in [0.15, 0.2) is 39.8 Å². The van der Waals surface area contributed by atoms with Crippen LogP contribution in [-0.4, -0.2) is 61.0 Å². The topological polar surface area (TPSA) is 93.0 Å². The SMILES string of the molecule is Cc1noc(C)c1S(=O)(=O)N1CCC(C(=O)N2CC(C)OC(c3ccccc3)C2)CC1. The molecule has 2 aliphatic heterocycles. The van der Waals surface area contributed by atoms with Crippen molar-refractivity contribution in [2.45, 2.75) is 50.7 Å². The van der Waals surface area contributed by atoms with Gasteiger partial charge >= 0.3 is 0 Å². The smallest absolute Gasteiger partial charge is 0.248 e. The Balaban J connectivity index is 1.41. The van der Waals surface area contributed by atoms with Gasteiger partial charge in [-0.25, -0.2) is 8.42 Å². The van der Waals surface area contributed by atoms with Crippen molar-refractivity contribution in [2.75, 3.05) is 26.2 Å². The number of carbonyl (C=O) groups is 1. The number of carbonyl (C=O) groups excluding carboxylic acids is 1. The number of morpholine rings is 1. The van der Waals surface area contributed by atoms with Crippen molar-refractivity contribution in [1.82, 2.24) is 14.4 Å². The predicted octanol–water partition coefficient (Wildman–Crippen LogP) is 2.68. The van der Waals surface area contributed by atoms with E-state index in [1.807, 2.05) is 42.2 Å². The number of rotatable bonds is 4. The molecule has 8 nitrogen and oxygen atoms in total. The molecule has 168 valence electrons. The Bertz CT molecular complexity index is 1010. The summed E-state index contributed by atoms with van der Waals surface area (Å²) in [6, 6.07) is 9.94. The molecule has 1 aromatic heterocycles. The van der Waals surface area contributed by atoms with Crippen molar-refractivity contribution in [3.8, 4) is 0 Å². The quantitative estimate of drug-likeness (QED) is 0.715. The van der Waals surface area contributed by atoms with Crippen LogP contribution in [0.1, 0.15) is 42.9 Å². The standard InChI is InChI=1S/C22H29N3O5S/c1-15-13-24(14-20(29-15)18-7-5-4-6-8-18)22(26)19-9-11-25(12-10-19)31(27,28)21-16(2)23-30-17(21)3/h4-8,15,19-20H,9-14H2,1-3H3. The van der Waals surface area contributed by atoms with E-state index in [-0.39, 0.29) is 28.9 Å². The zero-order chi connectivity index (χ0) is 22.2. The first-order valence-corrected chi connectivity index (χ1v) is 12.1. The van der Waals surface area contributed by atoms with E-state index < -0.39 is 10.0 Å². The van der Waals surface area contributed by atoms with Crippen molar-refractivity contribution >= 4 is 15.9 Å². The van der Waals surface area contributed by atoms with Gasteiger partial charge in [0.25, 0.3) is 0 Å². The lowest BCUT2D eigenvalue weighted by molar-refractivity contribution is -0.150. The van der Waals surface area contributed by atoms with Gasteiger partial charge in [-0.05, 0) is 39.2 Å². The van der Waals surface area contributed by atoms with E-state index in [1.54, 1.807) is 13.8 Å². The van der Waals surface area contributed by atoms with Gasteiger partial charge in [-0.1, -0.05) is 35.5 Å². The highest BCUT2D eigenvalue weighted by Gasteiger charge is 2.38. The highest BCUT2D eigenvalue weighted by atomic mass is 32.2. The molecule has 4 rings (SSSR count). The lowest BCUT2D eigenvalue weighted by Crippen LogP contribution is -2.50. The molecular weight excluding hydrogens is 418 g/mol. The molecule has 0 radical (unpaired) electrons. The summed E-state index contributed by atoms with van der Waals surface area (Å²) in [7, 11) is -3.68. The summed E-state index contributed by atoms with van der Waals surface area (Å²) in [6.07, 6.45) is 0.809. The Kier molecular flexibility index (Phi) is 6.18. The summed E-state index contributed by atoms with van der Waals surface area (Å²) in [5.41, 5.74) is 1.43. The van der Waals surface area contributed by atoms with Gasteiger partial charge < -0.3 is 14.2 Å². The lowest BCUT2D eigenvalue weighted by atomic mass is 9.95. The van der Waals surface area contributed by atoms with Gasteiger partial charge in [0, 0.05) is 25.6 Å². The monoisotopic (exact) mass is 447 g/mol. The molecule has 9 heteroatoms. The Labute approximate surface area is 183 Å². The average Bonchev–Trinajstić information content (AvgIpc) is 3.12. The first kappa shape index (κ1) is 22.0. The van der Waals surface area contributed by atoms with E-state index in [4.69, 9.17) is 9.26 Å². The van der Waals surface area contributed by atoms with Gasteiger partial charge in [-0.15, -0.1) is 0 Å². The normalized spacial score (nSPS) is 23.8. The molecule has 2 aromatic rings. The molecule has 0 saturated carbocycles. The fourth-order valence-corrected chi connectivity index (χ4v) is 6.32. The first-order valence-electron chi connectivity index (χ1n) is 10.7. The summed E-state index contributed by atoms with van der Waals surface area (Å²) in [5, 5.41) is 3.77. The van der Waals surface area contributed by atoms with Crippen LogP contribution in [0.5, 0.6) is 0 Å².